The largest absolute Gasteiger partial charge is 0.426 e. The van der Waals surface area contributed by atoms with Crippen LogP contribution in [0.5, 0.6) is 11.5 Å². The maximum absolute atomic E-state index is 13.3. The highest BCUT2D eigenvalue weighted by molar-refractivity contribution is 6.06. The van der Waals surface area contributed by atoms with E-state index in [0.29, 0.717) is 39.8 Å². The summed E-state index contributed by atoms with van der Waals surface area (Å²) in [6, 6.07) is 16.4. The Morgan fingerprint density at radius 2 is 1.55 bits per heavy atom. The van der Waals surface area contributed by atoms with Crippen molar-refractivity contribution in [2.75, 3.05) is 0 Å². The zero-order chi connectivity index (χ0) is 20.5. The normalized spacial score (nSPS) is 15.7. The second-order valence-corrected chi connectivity index (χ2v) is 7.14. The number of Topliss-reactive ketones (excluding diaryl/α,β-unsaturated/α-hetero) is 1. The zero-order valence-electron chi connectivity index (χ0n) is 16.2. The van der Waals surface area contributed by atoms with Crippen LogP contribution in [0.1, 0.15) is 47.7 Å². The van der Waals surface area contributed by atoms with Crippen LogP contribution >= 0.6 is 0 Å². The molecule has 146 valence electrons. The topological polar surface area (TPSA) is 69.7 Å². The van der Waals surface area contributed by atoms with Gasteiger partial charge < -0.3 is 9.47 Å². The molecule has 0 spiro atoms. The van der Waals surface area contributed by atoms with E-state index in [-0.39, 0.29) is 5.78 Å². The molecule has 0 saturated heterocycles. The summed E-state index contributed by atoms with van der Waals surface area (Å²) in [6.45, 7) is 2.66. The van der Waals surface area contributed by atoms with E-state index in [4.69, 9.17) is 9.47 Å². The molecule has 0 saturated carbocycles. The van der Waals surface area contributed by atoms with Crippen LogP contribution in [0.4, 0.5) is 0 Å². The van der Waals surface area contributed by atoms with Crippen molar-refractivity contribution >= 4 is 28.5 Å². The first-order chi connectivity index (χ1) is 14.0. The number of rotatable bonds is 3. The number of fused-ring (bicyclic) bond motifs is 2. The molecule has 0 amide bonds. The Balaban J connectivity index is 1.94. The van der Waals surface area contributed by atoms with E-state index in [9.17, 15) is 14.4 Å². The van der Waals surface area contributed by atoms with Gasteiger partial charge in [0.1, 0.15) is 11.5 Å². The van der Waals surface area contributed by atoms with Gasteiger partial charge in [-0.3, -0.25) is 14.4 Å². The highest BCUT2D eigenvalue weighted by atomic mass is 16.5. The van der Waals surface area contributed by atoms with Crippen molar-refractivity contribution in [2.24, 2.45) is 0 Å². The second-order valence-electron chi connectivity index (χ2n) is 7.14. The van der Waals surface area contributed by atoms with E-state index in [1.54, 1.807) is 18.2 Å². The molecule has 0 heterocycles. The van der Waals surface area contributed by atoms with Gasteiger partial charge in [-0.2, -0.15) is 0 Å². The molecule has 0 aliphatic heterocycles. The summed E-state index contributed by atoms with van der Waals surface area (Å²) in [5, 5.41) is 1.27. The van der Waals surface area contributed by atoms with Gasteiger partial charge in [0.15, 0.2) is 5.78 Å². The van der Waals surface area contributed by atoms with Crippen LogP contribution in [0, 0.1) is 0 Å². The molecule has 0 radical (unpaired) electrons. The van der Waals surface area contributed by atoms with Crippen LogP contribution in [-0.4, -0.2) is 17.7 Å². The average Bonchev–Trinajstić information content (AvgIpc) is 2.70. The number of carbonyl (C=O) groups is 3. The third kappa shape index (κ3) is 3.51. The van der Waals surface area contributed by atoms with Gasteiger partial charge in [-0.15, -0.1) is 0 Å². The van der Waals surface area contributed by atoms with Crippen molar-refractivity contribution in [3.63, 3.8) is 0 Å². The minimum Gasteiger partial charge on any atom is -0.426 e. The number of hydrogen-bond donors (Lipinski definition) is 0. The second kappa shape index (κ2) is 7.51. The standard InChI is InChI=1S/C24H20O5/c1-14(25)28-22-13-21(19-12-11-16-7-3-4-8-17(16)23(19)27)24(29-15(2)26)20-10-6-5-9-18(20)22/h3-10,13,19H,11-12H2,1-2H3/t19-/m1/s1. The van der Waals surface area contributed by atoms with Gasteiger partial charge in [-0.05, 0) is 24.5 Å². The highest BCUT2D eigenvalue weighted by Crippen LogP contribution is 2.44. The predicted octanol–water partition coefficient (Wildman–Crippen LogP) is 4.60. The van der Waals surface area contributed by atoms with Gasteiger partial charge in [0.25, 0.3) is 0 Å². The van der Waals surface area contributed by atoms with Crippen molar-refractivity contribution in [1.82, 2.24) is 0 Å². The summed E-state index contributed by atoms with van der Waals surface area (Å²) >= 11 is 0. The fraction of sp³-hybridized carbons (Fsp3) is 0.208. The predicted molar refractivity (Wildman–Crippen MR) is 108 cm³/mol. The van der Waals surface area contributed by atoms with Crippen molar-refractivity contribution in [1.29, 1.82) is 0 Å². The van der Waals surface area contributed by atoms with Crippen LogP contribution in [0.3, 0.4) is 0 Å². The summed E-state index contributed by atoms with van der Waals surface area (Å²) in [7, 11) is 0. The van der Waals surface area contributed by atoms with Crippen LogP contribution < -0.4 is 9.47 Å². The lowest BCUT2D eigenvalue weighted by Gasteiger charge is -2.26. The van der Waals surface area contributed by atoms with Gasteiger partial charge in [0, 0.05) is 35.7 Å². The summed E-state index contributed by atoms with van der Waals surface area (Å²) in [5.41, 5.74) is 2.26. The number of esters is 2. The van der Waals surface area contributed by atoms with E-state index >= 15 is 0 Å². The summed E-state index contributed by atoms with van der Waals surface area (Å²) in [5.74, 6) is -0.739. The van der Waals surface area contributed by atoms with Gasteiger partial charge in [0.2, 0.25) is 0 Å². The van der Waals surface area contributed by atoms with Crippen molar-refractivity contribution in [2.45, 2.75) is 32.6 Å². The van der Waals surface area contributed by atoms with Gasteiger partial charge in [-0.1, -0.05) is 48.5 Å². The molecule has 1 aliphatic rings. The molecule has 0 unspecified atom stereocenters. The Hall–Kier alpha value is -3.47. The Kier molecular flexibility index (Phi) is 4.89. The van der Waals surface area contributed by atoms with E-state index < -0.39 is 17.9 Å². The lowest BCUT2D eigenvalue weighted by atomic mass is 9.78. The lowest BCUT2D eigenvalue weighted by Crippen LogP contribution is -2.22. The molecule has 29 heavy (non-hydrogen) atoms. The molecule has 5 nitrogen and oxygen atoms in total. The zero-order valence-corrected chi connectivity index (χ0v) is 16.2. The molecule has 3 aromatic carbocycles. The first kappa shape index (κ1) is 18.9. The first-order valence-electron chi connectivity index (χ1n) is 9.50. The highest BCUT2D eigenvalue weighted by Gasteiger charge is 2.32. The molecule has 0 fully saturated rings. The van der Waals surface area contributed by atoms with E-state index in [2.05, 4.69) is 0 Å². The van der Waals surface area contributed by atoms with Crippen LogP contribution in [0.15, 0.2) is 54.6 Å². The van der Waals surface area contributed by atoms with E-state index in [0.717, 1.165) is 12.0 Å². The minimum atomic E-state index is -0.488. The van der Waals surface area contributed by atoms with Gasteiger partial charge >= 0.3 is 11.9 Å². The number of carbonyl (C=O) groups excluding carboxylic acids is 3. The Morgan fingerprint density at radius 3 is 2.28 bits per heavy atom. The maximum atomic E-state index is 13.3. The lowest BCUT2D eigenvalue weighted by molar-refractivity contribution is -0.133. The summed E-state index contributed by atoms with van der Waals surface area (Å²) in [6.07, 6.45) is 1.32. The average molecular weight is 388 g/mol. The van der Waals surface area contributed by atoms with Crippen LogP contribution in [0.25, 0.3) is 10.8 Å². The number of hydrogen-bond acceptors (Lipinski definition) is 5. The number of benzene rings is 3. The first-order valence-corrected chi connectivity index (χ1v) is 9.50. The number of ether oxygens (including phenoxy) is 2. The number of ketones is 1. The van der Waals surface area contributed by atoms with E-state index in [1.807, 2.05) is 36.4 Å². The van der Waals surface area contributed by atoms with Crippen molar-refractivity contribution in [3.05, 3.63) is 71.3 Å². The fourth-order valence-corrected chi connectivity index (χ4v) is 3.99. The van der Waals surface area contributed by atoms with Gasteiger partial charge in [0.05, 0.1) is 5.92 Å². The summed E-state index contributed by atoms with van der Waals surface area (Å²) in [4.78, 5) is 36.8. The quantitative estimate of drug-likeness (QED) is 0.484. The molecule has 0 bridgehead atoms. The fourth-order valence-electron chi connectivity index (χ4n) is 3.99. The molecule has 4 rings (SSSR count). The van der Waals surface area contributed by atoms with E-state index in [1.165, 1.54) is 13.8 Å². The third-order valence-electron chi connectivity index (χ3n) is 5.16. The molecular formula is C24H20O5. The maximum Gasteiger partial charge on any atom is 0.308 e. The smallest absolute Gasteiger partial charge is 0.308 e. The molecule has 3 aromatic rings. The van der Waals surface area contributed by atoms with Crippen molar-refractivity contribution in [3.8, 4) is 11.5 Å². The Bertz CT molecular complexity index is 1150. The molecule has 0 N–H and O–H groups in total. The van der Waals surface area contributed by atoms with Crippen molar-refractivity contribution < 1.29 is 23.9 Å². The minimum absolute atomic E-state index is 0.0238. The van der Waals surface area contributed by atoms with Crippen LogP contribution in [0.2, 0.25) is 0 Å². The third-order valence-corrected chi connectivity index (χ3v) is 5.16. The van der Waals surface area contributed by atoms with Gasteiger partial charge in [-0.25, -0.2) is 0 Å². The monoisotopic (exact) mass is 388 g/mol. The molecular weight excluding hydrogens is 368 g/mol. The number of aryl methyl sites for hydroxylation is 1. The Labute approximate surface area is 168 Å². The molecule has 1 aliphatic carbocycles. The summed E-state index contributed by atoms with van der Waals surface area (Å²) < 4.78 is 11.0. The SMILES string of the molecule is CC(=O)Oc1cc([C@H]2CCc3ccccc3C2=O)c(OC(C)=O)c2ccccc12. The molecule has 5 heteroatoms. The molecule has 1 atom stereocenters. The van der Waals surface area contributed by atoms with Crippen LogP contribution in [-0.2, 0) is 16.0 Å². The Morgan fingerprint density at radius 1 is 0.897 bits per heavy atom. The molecule has 0 aromatic heterocycles.